The first-order valence-corrected chi connectivity index (χ1v) is 7.78. The van der Waals surface area contributed by atoms with Crippen LogP contribution in [0.5, 0.6) is 0 Å². The van der Waals surface area contributed by atoms with Crippen LogP contribution < -0.4 is 10.5 Å². The molecule has 0 atom stereocenters. The average Bonchev–Trinajstić information content (AvgIpc) is 2.35. The first kappa shape index (κ1) is 14.8. The molecule has 1 aromatic rings. The number of esters is 1. The van der Waals surface area contributed by atoms with Crippen molar-refractivity contribution in [1.29, 1.82) is 0 Å². The number of carbonyl (C=O) groups is 1. The average molecular weight is 298 g/mol. The Labute approximate surface area is 118 Å². The van der Waals surface area contributed by atoms with Crippen molar-refractivity contribution in [2.75, 3.05) is 12.8 Å². The van der Waals surface area contributed by atoms with Gasteiger partial charge in [-0.15, -0.1) is 0 Å². The Morgan fingerprint density at radius 3 is 2.55 bits per heavy atom. The Kier molecular flexibility index (Phi) is 3.75. The highest BCUT2D eigenvalue weighted by Gasteiger charge is 2.37. The molecule has 3 N–H and O–H groups in total. The number of nitrogens with two attached hydrogens (primary N) is 1. The van der Waals surface area contributed by atoms with Gasteiger partial charge in [-0.25, -0.2) is 17.9 Å². The molecule has 20 heavy (non-hydrogen) atoms. The van der Waals surface area contributed by atoms with E-state index in [1.807, 2.05) is 6.92 Å². The molecule has 1 aromatic carbocycles. The summed E-state index contributed by atoms with van der Waals surface area (Å²) in [5.41, 5.74) is 5.42. The van der Waals surface area contributed by atoms with Gasteiger partial charge in [0.25, 0.3) is 0 Å². The van der Waals surface area contributed by atoms with Gasteiger partial charge in [-0.05, 0) is 44.4 Å². The number of methoxy groups -OCH3 is 1. The Morgan fingerprint density at radius 2 is 2.05 bits per heavy atom. The summed E-state index contributed by atoms with van der Waals surface area (Å²) in [5, 5.41) is 0. The molecule has 0 unspecified atom stereocenters. The van der Waals surface area contributed by atoms with Gasteiger partial charge in [-0.1, -0.05) is 0 Å². The summed E-state index contributed by atoms with van der Waals surface area (Å²) in [5.74, 6) is -0.726. The highest BCUT2D eigenvalue weighted by molar-refractivity contribution is 7.89. The molecule has 0 bridgehead atoms. The number of anilines is 1. The molecule has 1 aliphatic carbocycles. The first-order chi connectivity index (χ1) is 9.27. The molecule has 1 saturated carbocycles. The van der Waals surface area contributed by atoms with E-state index in [4.69, 9.17) is 5.73 Å². The third kappa shape index (κ3) is 2.78. The van der Waals surface area contributed by atoms with E-state index in [-0.39, 0.29) is 10.5 Å². The lowest BCUT2D eigenvalue weighted by Crippen LogP contribution is -2.50. The lowest BCUT2D eigenvalue weighted by molar-refractivity contribution is 0.0596. The van der Waals surface area contributed by atoms with Gasteiger partial charge in [-0.3, -0.25) is 0 Å². The normalized spacial score (nSPS) is 17.3. The van der Waals surface area contributed by atoms with Crippen LogP contribution in [0.15, 0.2) is 23.1 Å². The maximum atomic E-state index is 12.4. The highest BCUT2D eigenvalue weighted by Crippen LogP contribution is 2.33. The fourth-order valence-corrected chi connectivity index (χ4v) is 3.88. The zero-order valence-electron chi connectivity index (χ0n) is 11.5. The Balaban J connectivity index is 2.43. The Morgan fingerprint density at radius 1 is 1.40 bits per heavy atom. The summed E-state index contributed by atoms with van der Waals surface area (Å²) in [6.45, 7) is 1.85. The highest BCUT2D eigenvalue weighted by atomic mass is 32.2. The number of nitrogen functional groups attached to an aromatic ring is 1. The summed E-state index contributed by atoms with van der Waals surface area (Å²) >= 11 is 0. The molecule has 7 heteroatoms. The molecule has 0 amide bonds. The van der Waals surface area contributed by atoms with E-state index < -0.39 is 21.5 Å². The van der Waals surface area contributed by atoms with Crippen molar-refractivity contribution in [2.45, 2.75) is 36.6 Å². The number of nitrogens with one attached hydrogen (secondary N) is 1. The summed E-state index contributed by atoms with van der Waals surface area (Å²) < 4.78 is 32.1. The van der Waals surface area contributed by atoms with Crippen LogP contribution in [-0.2, 0) is 14.8 Å². The molecule has 1 fully saturated rings. The van der Waals surface area contributed by atoms with Crippen molar-refractivity contribution in [2.24, 2.45) is 0 Å². The summed E-state index contributed by atoms with van der Waals surface area (Å²) in [6, 6.07) is 4.08. The molecular weight excluding hydrogens is 280 g/mol. The second-order valence-corrected chi connectivity index (χ2v) is 6.92. The van der Waals surface area contributed by atoms with Gasteiger partial charge in [0.15, 0.2) is 0 Å². The number of ether oxygens (including phenoxy) is 1. The van der Waals surface area contributed by atoms with Crippen LogP contribution in [0.2, 0.25) is 0 Å². The number of benzene rings is 1. The maximum Gasteiger partial charge on any atom is 0.339 e. The third-order valence-corrected chi connectivity index (χ3v) is 5.23. The minimum absolute atomic E-state index is 0.0528. The van der Waals surface area contributed by atoms with Gasteiger partial charge in [0, 0.05) is 11.2 Å². The lowest BCUT2D eigenvalue weighted by atomic mass is 9.80. The van der Waals surface area contributed by atoms with E-state index in [1.54, 1.807) is 0 Å². The van der Waals surface area contributed by atoms with Crippen molar-refractivity contribution < 1.29 is 17.9 Å². The molecule has 2 rings (SSSR count). The molecule has 0 aliphatic heterocycles. The standard InChI is InChI=1S/C13H18N2O4S/c1-13(6-3-7-13)15-20(17,18)11-5-4-9(14)8-10(11)12(16)19-2/h4-5,8,15H,3,6-7,14H2,1-2H3. The van der Waals surface area contributed by atoms with Gasteiger partial charge in [-0.2, -0.15) is 0 Å². The number of rotatable bonds is 4. The zero-order chi connectivity index (χ0) is 15.0. The fourth-order valence-electron chi connectivity index (χ4n) is 2.24. The zero-order valence-corrected chi connectivity index (χ0v) is 12.3. The van der Waals surface area contributed by atoms with Crippen LogP contribution >= 0.6 is 0 Å². The number of hydrogen-bond donors (Lipinski definition) is 2. The van der Waals surface area contributed by atoms with E-state index in [1.165, 1.54) is 25.3 Å². The van der Waals surface area contributed by atoms with Crippen LogP contribution in [0.25, 0.3) is 0 Å². The number of sulfonamides is 1. The second kappa shape index (κ2) is 5.06. The molecule has 110 valence electrons. The minimum Gasteiger partial charge on any atom is -0.465 e. The van der Waals surface area contributed by atoms with Crippen LogP contribution in [0.1, 0.15) is 36.5 Å². The predicted octanol–water partition coefficient (Wildman–Crippen LogP) is 1.28. The topological polar surface area (TPSA) is 98.5 Å². The second-order valence-electron chi connectivity index (χ2n) is 5.27. The van der Waals surface area contributed by atoms with Gasteiger partial charge >= 0.3 is 5.97 Å². The van der Waals surface area contributed by atoms with E-state index >= 15 is 0 Å². The summed E-state index contributed by atoms with van der Waals surface area (Å²) in [6.07, 6.45) is 2.56. The van der Waals surface area contributed by atoms with Crippen molar-refractivity contribution in [3.63, 3.8) is 0 Å². The minimum atomic E-state index is -3.79. The third-order valence-electron chi connectivity index (χ3n) is 3.54. The molecule has 0 radical (unpaired) electrons. The van der Waals surface area contributed by atoms with Gasteiger partial charge in [0.2, 0.25) is 10.0 Å². The van der Waals surface area contributed by atoms with E-state index in [0.717, 1.165) is 19.3 Å². The van der Waals surface area contributed by atoms with Crippen LogP contribution in [0.4, 0.5) is 5.69 Å². The van der Waals surface area contributed by atoms with Crippen LogP contribution in [0, 0.1) is 0 Å². The van der Waals surface area contributed by atoms with Crippen molar-refractivity contribution in [3.05, 3.63) is 23.8 Å². The van der Waals surface area contributed by atoms with Gasteiger partial charge < -0.3 is 10.5 Å². The number of hydrogen-bond acceptors (Lipinski definition) is 5. The Hall–Kier alpha value is -1.60. The molecular formula is C13H18N2O4S. The molecule has 0 saturated heterocycles. The van der Waals surface area contributed by atoms with Crippen LogP contribution in [0.3, 0.4) is 0 Å². The van der Waals surface area contributed by atoms with E-state index in [9.17, 15) is 13.2 Å². The van der Waals surface area contributed by atoms with Gasteiger partial charge in [0.05, 0.1) is 17.6 Å². The monoisotopic (exact) mass is 298 g/mol. The SMILES string of the molecule is COC(=O)c1cc(N)ccc1S(=O)(=O)NC1(C)CCC1. The molecule has 0 aromatic heterocycles. The van der Waals surface area contributed by atoms with Gasteiger partial charge in [0.1, 0.15) is 0 Å². The van der Waals surface area contributed by atoms with E-state index in [2.05, 4.69) is 9.46 Å². The molecule has 6 nitrogen and oxygen atoms in total. The smallest absolute Gasteiger partial charge is 0.339 e. The molecule has 0 heterocycles. The van der Waals surface area contributed by atoms with Crippen molar-refractivity contribution in [1.82, 2.24) is 4.72 Å². The van der Waals surface area contributed by atoms with Crippen molar-refractivity contribution in [3.8, 4) is 0 Å². The Bertz CT molecular complexity index is 636. The maximum absolute atomic E-state index is 12.4. The molecule has 0 spiro atoms. The number of carbonyl (C=O) groups excluding carboxylic acids is 1. The summed E-state index contributed by atoms with van der Waals surface area (Å²) in [7, 11) is -2.59. The van der Waals surface area contributed by atoms with E-state index in [0.29, 0.717) is 5.69 Å². The summed E-state index contributed by atoms with van der Waals surface area (Å²) in [4.78, 5) is 11.6. The van der Waals surface area contributed by atoms with Crippen molar-refractivity contribution >= 4 is 21.7 Å². The molecule has 1 aliphatic rings. The quantitative estimate of drug-likeness (QED) is 0.644. The fraction of sp³-hybridized carbons (Fsp3) is 0.462. The first-order valence-electron chi connectivity index (χ1n) is 6.29. The largest absolute Gasteiger partial charge is 0.465 e. The lowest BCUT2D eigenvalue weighted by Gasteiger charge is -2.38. The predicted molar refractivity (Wildman–Crippen MR) is 74.8 cm³/mol. The van der Waals surface area contributed by atoms with Crippen LogP contribution in [-0.4, -0.2) is 27.0 Å².